The minimum absolute atomic E-state index is 0.0276. The van der Waals surface area contributed by atoms with Crippen LogP contribution in [0.25, 0.3) is 0 Å². The van der Waals surface area contributed by atoms with Crippen LogP contribution < -0.4 is 5.32 Å². The van der Waals surface area contributed by atoms with E-state index in [1.165, 1.54) is 0 Å². The van der Waals surface area contributed by atoms with Gasteiger partial charge in [0.05, 0.1) is 29.2 Å². The molecule has 1 aromatic rings. The van der Waals surface area contributed by atoms with Gasteiger partial charge in [0.2, 0.25) is 0 Å². The van der Waals surface area contributed by atoms with E-state index in [0.29, 0.717) is 0 Å². The van der Waals surface area contributed by atoms with Gasteiger partial charge < -0.3 is 14.8 Å². The topological polar surface area (TPSA) is 125 Å². The molecule has 24 heavy (non-hydrogen) atoms. The van der Waals surface area contributed by atoms with Crippen molar-refractivity contribution in [3.63, 3.8) is 0 Å². The third-order valence-electron chi connectivity index (χ3n) is 2.60. The first-order chi connectivity index (χ1) is 11.4. The monoisotopic (exact) mass is 334 g/mol. The van der Waals surface area contributed by atoms with Gasteiger partial charge in [-0.25, -0.2) is 9.59 Å². The number of hydrogen-bond donors (Lipinski definition) is 1. The quantitative estimate of drug-likeness (QED) is 0.336. The van der Waals surface area contributed by atoms with E-state index in [9.17, 15) is 24.5 Å². The van der Waals surface area contributed by atoms with Crippen LogP contribution in [0.15, 0.2) is 18.2 Å². The maximum absolute atomic E-state index is 11.9. The summed E-state index contributed by atoms with van der Waals surface area (Å²) in [6, 6.07) is 3.01. The van der Waals surface area contributed by atoms with Crippen LogP contribution in [0, 0.1) is 22.5 Å². The minimum atomic E-state index is -1.000. The second kappa shape index (κ2) is 8.89. The Morgan fingerprint density at radius 3 is 2.29 bits per heavy atom. The normalized spacial score (nSPS) is 9.50. The summed E-state index contributed by atoms with van der Waals surface area (Å²) in [5.74, 6) is -0.274. The number of ether oxygens (including phenoxy) is 2. The van der Waals surface area contributed by atoms with Crippen LogP contribution in [0.1, 0.15) is 27.6 Å². The Kier molecular flexibility index (Phi) is 6.91. The van der Waals surface area contributed by atoms with Crippen molar-refractivity contribution in [2.75, 3.05) is 19.8 Å². The number of nitrogens with zero attached hydrogens (tertiary/aromatic N) is 1. The van der Waals surface area contributed by atoms with Gasteiger partial charge in [-0.2, -0.15) is 0 Å². The van der Waals surface area contributed by atoms with Crippen LogP contribution in [0.4, 0.5) is 5.69 Å². The molecule has 0 aromatic heterocycles. The molecular weight excluding hydrogens is 320 g/mol. The second-order valence-electron chi connectivity index (χ2n) is 4.30. The van der Waals surface area contributed by atoms with E-state index in [-0.39, 0.29) is 24.3 Å². The highest BCUT2D eigenvalue weighted by molar-refractivity contribution is 5.97. The molecule has 9 heteroatoms. The lowest BCUT2D eigenvalue weighted by Gasteiger charge is -2.07. The molecule has 0 radical (unpaired) electrons. The molecule has 0 atom stereocenters. The van der Waals surface area contributed by atoms with Gasteiger partial charge >= 0.3 is 11.9 Å². The molecule has 1 amide bonds. The summed E-state index contributed by atoms with van der Waals surface area (Å²) >= 11 is 0. The van der Waals surface area contributed by atoms with Crippen LogP contribution in [0.3, 0.4) is 0 Å². The van der Waals surface area contributed by atoms with Gasteiger partial charge in [0.1, 0.15) is 0 Å². The van der Waals surface area contributed by atoms with Crippen LogP contribution >= 0.6 is 0 Å². The van der Waals surface area contributed by atoms with Crippen LogP contribution in [-0.2, 0) is 14.3 Å². The Bertz CT molecular complexity index is 706. The highest BCUT2D eigenvalue weighted by Crippen LogP contribution is 2.19. The zero-order valence-corrected chi connectivity index (χ0v) is 12.7. The summed E-state index contributed by atoms with van der Waals surface area (Å²) in [7, 11) is 0. The van der Waals surface area contributed by atoms with Crippen LogP contribution in [0.2, 0.25) is 0 Å². The van der Waals surface area contributed by atoms with E-state index in [4.69, 9.17) is 15.9 Å². The van der Waals surface area contributed by atoms with Crippen molar-refractivity contribution in [1.82, 2.24) is 5.32 Å². The molecule has 0 bridgehead atoms. The Labute approximate surface area is 137 Å². The summed E-state index contributed by atoms with van der Waals surface area (Å²) in [5, 5.41) is 13.2. The molecule has 0 aliphatic heterocycles. The number of nitrogens with one attached hydrogen (secondary N) is 1. The highest BCUT2D eigenvalue weighted by Gasteiger charge is 2.20. The number of non-ortho nitro benzene ring substituents is 1. The van der Waals surface area contributed by atoms with E-state index in [2.05, 4.69) is 11.2 Å². The molecule has 1 aromatic carbocycles. The fourth-order valence-corrected chi connectivity index (χ4v) is 1.58. The predicted octanol–water partition coefficient (Wildman–Crippen LogP) is 0.678. The number of nitro groups is 1. The molecule has 0 saturated heterocycles. The molecule has 1 rings (SSSR count). The number of hydrogen-bond acceptors (Lipinski definition) is 7. The van der Waals surface area contributed by atoms with Crippen molar-refractivity contribution in [2.24, 2.45) is 0 Å². The van der Waals surface area contributed by atoms with E-state index in [0.717, 1.165) is 18.2 Å². The Hall–Kier alpha value is -3.41. The second-order valence-corrected chi connectivity index (χ2v) is 4.30. The highest BCUT2D eigenvalue weighted by atomic mass is 16.6. The number of carbonyl (C=O) groups is 3. The van der Waals surface area contributed by atoms with E-state index in [1.54, 1.807) is 6.92 Å². The van der Waals surface area contributed by atoms with Gasteiger partial charge in [-0.3, -0.25) is 14.9 Å². The Morgan fingerprint density at radius 2 is 1.79 bits per heavy atom. The van der Waals surface area contributed by atoms with Crippen molar-refractivity contribution in [1.29, 1.82) is 0 Å². The lowest BCUT2D eigenvalue weighted by molar-refractivity contribution is -0.384. The number of nitro benzene ring substituents is 1. The molecule has 0 spiro atoms. The SMILES string of the molecule is C#CCNC(=O)COC(=O)c1cc(C(=O)OCC)cc([N+](=O)[O-])c1. The van der Waals surface area contributed by atoms with Gasteiger partial charge in [0, 0.05) is 12.1 Å². The fraction of sp³-hybridized carbons (Fsp3) is 0.267. The van der Waals surface area contributed by atoms with Crippen molar-refractivity contribution < 1.29 is 28.8 Å². The predicted molar refractivity (Wildman–Crippen MR) is 81.2 cm³/mol. The maximum Gasteiger partial charge on any atom is 0.338 e. The van der Waals surface area contributed by atoms with Crippen LogP contribution in [0.5, 0.6) is 0 Å². The average Bonchev–Trinajstić information content (AvgIpc) is 2.57. The molecule has 1 N–H and O–H groups in total. The molecule has 0 heterocycles. The van der Waals surface area contributed by atoms with Gasteiger partial charge in [0.25, 0.3) is 11.6 Å². The third kappa shape index (κ3) is 5.42. The average molecular weight is 334 g/mol. The number of esters is 2. The summed E-state index contributed by atoms with van der Waals surface area (Å²) in [5.41, 5.74) is -0.906. The number of benzene rings is 1. The Morgan fingerprint density at radius 1 is 1.21 bits per heavy atom. The van der Waals surface area contributed by atoms with Crippen molar-refractivity contribution in [2.45, 2.75) is 6.92 Å². The molecule has 9 nitrogen and oxygen atoms in total. The first-order valence-electron chi connectivity index (χ1n) is 6.73. The molecule has 0 fully saturated rings. The van der Waals surface area contributed by atoms with Gasteiger partial charge in [-0.15, -0.1) is 6.42 Å². The van der Waals surface area contributed by atoms with Gasteiger partial charge in [0.15, 0.2) is 6.61 Å². The summed E-state index contributed by atoms with van der Waals surface area (Å²) in [4.78, 5) is 45.1. The third-order valence-corrected chi connectivity index (χ3v) is 2.60. The number of carbonyl (C=O) groups excluding carboxylic acids is 3. The standard InChI is InChI=1S/C15H14N2O7/c1-3-5-16-13(18)9-24-15(20)11-6-10(14(19)23-4-2)7-12(8-11)17(21)22/h1,6-8H,4-5,9H2,2H3,(H,16,18). The van der Waals surface area contributed by atoms with Crippen molar-refractivity contribution >= 4 is 23.5 Å². The van der Waals surface area contributed by atoms with E-state index < -0.39 is 35.1 Å². The summed E-state index contributed by atoms with van der Waals surface area (Å²) < 4.78 is 9.47. The lowest BCUT2D eigenvalue weighted by Crippen LogP contribution is -2.29. The lowest BCUT2D eigenvalue weighted by atomic mass is 10.1. The smallest absolute Gasteiger partial charge is 0.338 e. The largest absolute Gasteiger partial charge is 0.462 e. The van der Waals surface area contributed by atoms with E-state index >= 15 is 0 Å². The molecule has 0 saturated carbocycles. The molecule has 0 unspecified atom stereocenters. The summed E-state index contributed by atoms with van der Waals surface area (Å²) in [6.07, 6.45) is 4.96. The Balaban J connectivity index is 2.94. The number of terminal acetylenes is 1. The fourth-order valence-electron chi connectivity index (χ4n) is 1.58. The zero-order valence-electron chi connectivity index (χ0n) is 12.7. The first-order valence-corrected chi connectivity index (χ1v) is 6.73. The molecule has 0 aliphatic rings. The molecular formula is C15H14N2O7. The summed E-state index contributed by atoms with van der Waals surface area (Å²) in [6.45, 7) is 0.994. The molecule has 126 valence electrons. The van der Waals surface area contributed by atoms with Gasteiger partial charge in [-0.1, -0.05) is 5.92 Å². The molecule has 0 aliphatic carbocycles. The zero-order chi connectivity index (χ0) is 18.1. The first kappa shape index (κ1) is 18.6. The van der Waals surface area contributed by atoms with Crippen molar-refractivity contribution in [3.05, 3.63) is 39.4 Å². The van der Waals surface area contributed by atoms with E-state index in [1.807, 2.05) is 0 Å². The van der Waals surface area contributed by atoms with Crippen LogP contribution in [-0.4, -0.2) is 42.5 Å². The minimum Gasteiger partial charge on any atom is -0.462 e. The maximum atomic E-state index is 11.9. The number of rotatable bonds is 7. The number of amides is 1. The van der Waals surface area contributed by atoms with Gasteiger partial charge in [-0.05, 0) is 13.0 Å². The van der Waals surface area contributed by atoms with Crippen molar-refractivity contribution in [3.8, 4) is 12.3 Å².